The number of carbonyl (C=O) groups excluding carboxylic acids is 2. The minimum atomic E-state index is -0.646. The summed E-state index contributed by atoms with van der Waals surface area (Å²) in [7, 11) is 0. The van der Waals surface area contributed by atoms with Crippen molar-refractivity contribution in [3.8, 4) is 0 Å². The molecule has 6 nitrogen and oxygen atoms in total. The third kappa shape index (κ3) is 4.73. The van der Waals surface area contributed by atoms with E-state index in [1.807, 2.05) is 6.92 Å². The number of esters is 2. The second-order valence-electron chi connectivity index (χ2n) is 8.35. The number of ether oxygens (including phenoxy) is 3. The van der Waals surface area contributed by atoms with E-state index in [9.17, 15) is 14.7 Å². The second-order valence-corrected chi connectivity index (χ2v) is 8.35. The van der Waals surface area contributed by atoms with Gasteiger partial charge in [0.15, 0.2) is 0 Å². The van der Waals surface area contributed by atoms with Gasteiger partial charge in [0, 0.05) is 6.42 Å². The molecule has 0 amide bonds. The average Bonchev–Trinajstić information content (AvgIpc) is 3.24. The van der Waals surface area contributed by atoms with Gasteiger partial charge in [0.1, 0.15) is 0 Å². The summed E-state index contributed by atoms with van der Waals surface area (Å²) in [5.41, 5.74) is -0.634. The number of fused-ring (bicyclic) bond motifs is 1. The van der Waals surface area contributed by atoms with Crippen LogP contribution in [0.15, 0.2) is 0 Å². The smallest absolute Gasteiger partial charge is 0.309 e. The first-order chi connectivity index (χ1) is 11.8. The average molecular weight is 354 g/mol. The summed E-state index contributed by atoms with van der Waals surface area (Å²) >= 11 is 0. The van der Waals surface area contributed by atoms with Crippen molar-refractivity contribution in [2.45, 2.75) is 82.5 Å². The summed E-state index contributed by atoms with van der Waals surface area (Å²) in [5.74, 6) is -0.520. The maximum atomic E-state index is 12.1. The van der Waals surface area contributed by atoms with Crippen LogP contribution in [0.25, 0.3) is 0 Å². The first-order valence-electron chi connectivity index (χ1n) is 9.53. The highest BCUT2D eigenvalue weighted by Crippen LogP contribution is 2.49. The highest BCUT2D eigenvalue weighted by Gasteiger charge is 2.56. The molecular formula is C19H30O6. The fourth-order valence-corrected chi connectivity index (χ4v) is 3.98. The molecule has 0 aromatic rings. The molecule has 3 rings (SSSR count). The second kappa shape index (κ2) is 7.23. The summed E-state index contributed by atoms with van der Waals surface area (Å²) in [6, 6.07) is 0. The zero-order valence-electron chi connectivity index (χ0n) is 15.3. The van der Waals surface area contributed by atoms with Crippen LogP contribution in [0.3, 0.4) is 0 Å². The van der Waals surface area contributed by atoms with E-state index < -0.39 is 5.60 Å². The molecule has 1 heterocycles. The normalized spacial score (nSPS) is 40.0. The minimum Gasteiger partial charge on any atom is -0.465 e. The van der Waals surface area contributed by atoms with Gasteiger partial charge in [0.25, 0.3) is 0 Å². The molecular weight excluding hydrogens is 324 g/mol. The van der Waals surface area contributed by atoms with Crippen LogP contribution in [-0.2, 0) is 23.8 Å². The lowest BCUT2D eigenvalue weighted by molar-refractivity contribution is -0.153. The lowest BCUT2D eigenvalue weighted by atomic mass is 9.80. The maximum absolute atomic E-state index is 12.1. The van der Waals surface area contributed by atoms with Crippen LogP contribution in [0.5, 0.6) is 0 Å². The standard InChI is InChI=1S/C19H30O6/c1-18(22)7-4-13(5-8-18)16(20)23-10-3-11-24-17(21)14-6-9-19(2)15(12-14)25-19/h13-15,22H,3-12H2,1-2H3. The van der Waals surface area contributed by atoms with Crippen molar-refractivity contribution in [3.05, 3.63) is 0 Å². The molecule has 3 aliphatic rings. The molecule has 3 fully saturated rings. The molecule has 3 atom stereocenters. The van der Waals surface area contributed by atoms with Crippen LogP contribution in [0, 0.1) is 11.8 Å². The van der Waals surface area contributed by atoms with E-state index in [1.165, 1.54) is 0 Å². The number of carbonyl (C=O) groups is 2. The Kier molecular flexibility index (Phi) is 5.40. The predicted octanol–water partition coefficient (Wildman–Crippen LogP) is 2.36. The van der Waals surface area contributed by atoms with Gasteiger partial charge < -0.3 is 19.3 Å². The van der Waals surface area contributed by atoms with Gasteiger partial charge in [-0.05, 0) is 58.8 Å². The van der Waals surface area contributed by atoms with Crippen molar-refractivity contribution in [1.29, 1.82) is 0 Å². The van der Waals surface area contributed by atoms with Gasteiger partial charge >= 0.3 is 11.9 Å². The van der Waals surface area contributed by atoms with E-state index in [1.54, 1.807) is 0 Å². The lowest BCUT2D eigenvalue weighted by Gasteiger charge is -2.31. The van der Waals surface area contributed by atoms with E-state index in [-0.39, 0.29) is 48.7 Å². The zero-order chi connectivity index (χ0) is 18.1. The molecule has 1 aliphatic heterocycles. The van der Waals surface area contributed by atoms with E-state index in [0.717, 1.165) is 19.3 Å². The molecule has 2 aliphatic carbocycles. The topological polar surface area (TPSA) is 85.4 Å². The highest BCUT2D eigenvalue weighted by atomic mass is 16.6. The molecule has 1 saturated heterocycles. The number of rotatable bonds is 6. The van der Waals surface area contributed by atoms with Gasteiger partial charge in [-0.15, -0.1) is 0 Å². The van der Waals surface area contributed by atoms with Crippen molar-refractivity contribution >= 4 is 11.9 Å². The first kappa shape index (κ1) is 18.6. The highest BCUT2D eigenvalue weighted by molar-refractivity contribution is 5.73. The molecule has 142 valence electrons. The van der Waals surface area contributed by atoms with Gasteiger partial charge in [-0.25, -0.2) is 0 Å². The molecule has 6 heteroatoms. The number of aliphatic hydroxyl groups is 1. The Balaban J connectivity index is 1.25. The third-order valence-corrected chi connectivity index (χ3v) is 6.03. The lowest BCUT2D eigenvalue weighted by Crippen LogP contribution is -2.33. The van der Waals surface area contributed by atoms with E-state index in [4.69, 9.17) is 14.2 Å². The minimum absolute atomic E-state index is 0.0115. The van der Waals surface area contributed by atoms with Crippen molar-refractivity contribution in [2.75, 3.05) is 13.2 Å². The number of hydrogen-bond donors (Lipinski definition) is 1. The molecule has 0 aromatic heterocycles. The van der Waals surface area contributed by atoms with Crippen LogP contribution >= 0.6 is 0 Å². The van der Waals surface area contributed by atoms with Crippen LogP contribution in [0.1, 0.15) is 65.2 Å². The van der Waals surface area contributed by atoms with E-state index >= 15 is 0 Å². The van der Waals surface area contributed by atoms with Gasteiger partial charge in [-0.1, -0.05) is 0 Å². The quantitative estimate of drug-likeness (QED) is 0.448. The zero-order valence-corrected chi connectivity index (χ0v) is 15.3. The van der Waals surface area contributed by atoms with Crippen LogP contribution in [0.2, 0.25) is 0 Å². The van der Waals surface area contributed by atoms with Crippen LogP contribution < -0.4 is 0 Å². The van der Waals surface area contributed by atoms with Gasteiger partial charge in [-0.2, -0.15) is 0 Å². The first-order valence-corrected chi connectivity index (χ1v) is 9.53. The van der Waals surface area contributed by atoms with Crippen LogP contribution in [0.4, 0.5) is 0 Å². The molecule has 3 unspecified atom stereocenters. The number of hydrogen-bond acceptors (Lipinski definition) is 6. The molecule has 2 saturated carbocycles. The molecule has 0 spiro atoms. The predicted molar refractivity (Wildman–Crippen MR) is 89.7 cm³/mol. The Labute approximate surface area is 149 Å². The molecule has 0 bridgehead atoms. The Morgan fingerprint density at radius 3 is 2.16 bits per heavy atom. The largest absolute Gasteiger partial charge is 0.465 e. The Morgan fingerprint density at radius 2 is 1.56 bits per heavy atom. The van der Waals surface area contributed by atoms with Crippen LogP contribution in [-0.4, -0.2) is 47.6 Å². The summed E-state index contributed by atoms with van der Waals surface area (Å²) < 4.78 is 16.2. The fraction of sp³-hybridized carbons (Fsp3) is 0.895. The SMILES string of the molecule is CC1(O)CCC(C(=O)OCCCOC(=O)C2CCC3(C)OC3C2)CC1. The molecule has 0 radical (unpaired) electrons. The van der Waals surface area contributed by atoms with E-state index in [0.29, 0.717) is 32.1 Å². The summed E-state index contributed by atoms with van der Waals surface area (Å²) in [4.78, 5) is 24.1. The third-order valence-electron chi connectivity index (χ3n) is 6.03. The molecule has 1 N–H and O–H groups in total. The molecule has 25 heavy (non-hydrogen) atoms. The van der Waals surface area contributed by atoms with Crippen molar-refractivity contribution in [3.63, 3.8) is 0 Å². The van der Waals surface area contributed by atoms with E-state index in [2.05, 4.69) is 6.92 Å². The van der Waals surface area contributed by atoms with Gasteiger partial charge in [0.05, 0.1) is 42.4 Å². The summed E-state index contributed by atoms with van der Waals surface area (Å²) in [6.07, 6.45) is 5.86. The van der Waals surface area contributed by atoms with Crippen molar-refractivity contribution < 1.29 is 28.9 Å². The van der Waals surface area contributed by atoms with Gasteiger partial charge in [0.2, 0.25) is 0 Å². The summed E-state index contributed by atoms with van der Waals surface area (Å²) in [6.45, 7) is 4.46. The Bertz CT molecular complexity index is 506. The number of epoxide rings is 1. The maximum Gasteiger partial charge on any atom is 0.309 e. The Hall–Kier alpha value is -1.14. The summed E-state index contributed by atoms with van der Waals surface area (Å²) in [5, 5.41) is 9.90. The van der Waals surface area contributed by atoms with Crippen molar-refractivity contribution in [1.82, 2.24) is 0 Å². The van der Waals surface area contributed by atoms with Crippen molar-refractivity contribution in [2.24, 2.45) is 11.8 Å². The van der Waals surface area contributed by atoms with Gasteiger partial charge in [-0.3, -0.25) is 9.59 Å². The molecule has 0 aromatic carbocycles. The fourth-order valence-electron chi connectivity index (χ4n) is 3.98. The Morgan fingerprint density at radius 1 is 1.00 bits per heavy atom. The monoisotopic (exact) mass is 354 g/mol.